The lowest BCUT2D eigenvalue weighted by Crippen LogP contribution is -1.90. The number of allylic oxidation sites excluding steroid dienone is 2. The molecule has 0 bridgehead atoms. The van der Waals surface area contributed by atoms with Crippen molar-refractivity contribution in [1.82, 2.24) is 0 Å². The van der Waals surface area contributed by atoms with Crippen molar-refractivity contribution in [3.8, 4) is 0 Å². The number of alkyl halides is 1. The molecule has 0 heterocycles. The van der Waals surface area contributed by atoms with Crippen LogP contribution in [0.1, 0.15) is 46.0 Å². The maximum atomic E-state index is 5.97. The van der Waals surface area contributed by atoms with E-state index in [1.54, 1.807) is 0 Å². The highest BCUT2D eigenvalue weighted by atomic mass is 35.5. The summed E-state index contributed by atoms with van der Waals surface area (Å²) in [6.07, 6.45) is 10.3. The molecule has 11 heavy (non-hydrogen) atoms. The smallest absolute Gasteiger partial charge is 0.0515 e. The first-order valence-electron chi connectivity index (χ1n) is 4.62. The van der Waals surface area contributed by atoms with Crippen molar-refractivity contribution in [2.24, 2.45) is 0 Å². The highest BCUT2D eigenvalue weighted by Crippen LogP contribution is 2.07. The normalized spacial score (nSPS) is 14.1. The van der Waals surface area contributed by atoms with Gasteiger partial charge in [0.1, 0.15) is 0 Å². The van der Waals surface area contributed by atoms with Gasteiger partial charge in [0.2, 0.25) is 0 Å². The fourth-order valence-corrected chi connectivity index (χ4v) is 1.26. The summed E-state index contributed by atoms with van der Waals surface area (Å²) in [4.78, 5) is 0. The fourth-order valence-electron chi connectivity index (χ4n) is 0.938. The minimum Gasteiger partial charge on any atom is -0.118 e. The fraction of sp³-hybridized carbons (Fsp3) is 0.800. The minimum atomic E-state index is 0.261. The maximum Gasteiger partial charge on any atom is 0.0515 e. The lowest BCUT2D eigenvalue weighted by Gasteiger charge is -1.99. The van der Waals surface area contributed by atoms with Crippen LogP contribution in [0.2, 0.25) is 0 Å². The van der Waals surface area contributed by atoms with Crippen LogP contribution in [0.5, 0.6) is 0 Å². The molecule has 0 radical (unpaired) electrons. The van der Waals surface area contributed by atoms with Crippen LogP contribution < -0.4 is 0 Å². The molecule has 0 fully saturated rings. The Kier molecular flexibility index (Phi) is 8.15. The van der Waals surface area contributed by atoms with Crippen molar-refractivity contribution >= 4 is 11.6 Å². The Balaban J connectivity index is 3.24. The Morgan fingerprint density at radius 2 is 2.00 bits per heavy atom. The van der Waals surface area contributed by atoms with Crippen LogP contribution in [0, 0.1) is 0 Å². The maximum absolute atomic E-state index is 5.97. The van der Waals surface area contributed by atoms with Gasteiger partial charge < -0.3 is 0 Å². The van der Waals surface area contributed by atoms with E-state index in [2.05, 4.69) is 26.0 Å². The topological polar surface area (TPSA) is 0 Å². The van der Waals surface area contributed by atoms with Crippen LogP contribution in [0.15, 0.2) is 12.2 Å². The highest BCUT2D eigenvalue weighted by Gasteiger charge is 1.94. The third kappa shape index (κ3) is 7.93. The third-order valence-electron chi connectivity index (χ3n) is 1.63. The summed E-state index contributed by atoms with van der Waals surface area (Å²) in [5, 5.41) is 0.261. The molecule has 1 atom stereocenters. The SMILES string of the molecule is CCCC/C=C/[C@@H](Cl)CCC. The van der Waals surface area contributed by atoms with Gasteiger partial charge in [0.15, 0.2) is 0 Å². The zero-order valence-electron chi connectivity index (χ0n) is 7.65. The lowest BCUT2D eigenvalue weighted by molar-refractivity contribution is 0.796. The van der Waals surface area contributed by atoms with E-state index < -0.39 is 0 Å². The van der Waals surface area contributed by atoms with Crippen molar-refractivity contribution in [3.63, 3.8) is 0 Å². The van der Waals surface area contributed by atoms with E-state index in [1.165, 1.54) is 25.7 Å². The molecule has 0 amide bonds. The summed E-state index contributed by atoms with van der Waals surface area (Å²) in [6, 6.07) is 0. The first-order valence-corrected chi connectivity index (χ1v) is 5.05. The summed E-state index contributed by atoms with van der Waals surface area (Å²) < 4.78 is 0. The molecule has 0 nitrogen and oxygen atoms in total. The van der Waals surface area contributed by atoms with Gasteiger partial charge in [-0.25, -0.2) is 0 Å². The number of halogens is 1. The molecule has 1 heteroatoms. The second kappa shape index (κ2) is 8.13. The Hall–Kier alpha value is 0.0300. The molecular formula is C10H19Cl. The zero-order valence-corrected chi connectivity index (χ0v) is 8.40. The van der Waals surface area contributed by atoms with Crippen molar-refractivity contribution < 1.29 is 0 Å². The van der Waals surface area contributed by atoms with Gasteiger partial charge in [-0.1, -0.05) is 45.3 Å². The van der Waals surface area contributed by atoms with Gasteiger partial charge in [0.05, 0.1) is 5.38 Å². The Morgan fingerprint density at radius 1 is 1.27 bits per heavy atom. The highest BCUT2D eigenvalue weighted by molar-refractivity contribution is 6.21. The van der Waals surface area contributed by atoms with Gasteiger partial charge in [-0.2, -0.15) is 0 Å². The van der Waals surface area contributed by atoms with E-state index in [0.717, 1.165) is 6.42 Å². The van der Waals surface area contributed by atoms with Crippen molar-refractivity contribution in [2.75, 3.05) is 0 Å². The second-order valence-corrected chi connectivity index (χ2v) is 3.44. The van der Waals surface area contributed by atoms with Crippen LogP contribution >= 0.6 is 11.6 Å². The average Bonchev–Trinajstić information content (AvgIpc) is 1.99. The molecule has 0 rings (SSSR count). The van der Waals surface area contributed by atoms with Gasteiger partial charge in [-0.15, -0.1) is 11.6 Å². The molecule has 66 valence electrons. The summed E-state index contributed by atoms with van der Waals surface area (Å²) in [5.74, 6) is 0. The molecular weight excluding hydrogens is 156 g/mol. The monoisotopic (exact) mass is 174 g/mol. The van der Waals surface area contributed by atoms with Crippen molar-refractivity contribution in [3.05, 3.63) is 12.2 Å². The van der Waals surface area contributed by atoms with Gasteiger partial charge in [0, 0.05) is 0 Å². The second-order valence-electron chi connectivity index (χ2n) is 2.88. The molecule has 0 aliphatic rings. The summed E-state index contributed by atoms with van der Waals surface area (Å²) in [5.41, 5.74) is 0. The Morgan fingerprint density at radius 3 is 2.55 bits per heavy atom. The van der Waals surface area contributed by atoms with Crippen LogP contribution in [0.4, 0.5) is 0 Å². The van der Waals surface area contributed by atoms with Crippen molar-refractivity contribution in [2.45, 2.75) is 51.3 Å². The number of rotatable bonds is 6. The molecule has 0 aromatic heterocycles. The Labute approximate surface area is 75.6 Å². The Bertz CT molecular complexity index is 97.0. The van der Waals surface area contributed by atoms with Gasteiger partial charge in [-0.3, -0.25) is 0 Å². The van der Waals surface area contributed by atoms with E-state index in [-0.39, 0.29) is 5.38 Å². The van der Waals surface area contributed by atoms with E-state index in [0.29, 0.717) is 0 Å². The quantitative estimate of drug-likeness (QED) is 0.323. The van der Waals surface area contributed by atoms with Crippen molar-refractivity contribution in [1.29, 1.82) is 0 Å². The van der Waals surface area contributed by atoms with Gasteiger partial charge in [0.25, 0.3) is 0 Å². The van der Waals surface area contributed by atoms with E-state index >= 15 is 0 Å². The summed E-state index contributed by atoms with van der Waals surface area (Å²) in [6.45, 7) is 4.37. The predicted molar refractivity (Wildman–Crippen MR) is 53.2 cm³/mol. The average molecular weight is 175 g/mol. The third-order valence-corrected chi connectivity index (χ3v) is 2.00. The first-order chi connectivity index (χ1) is 5.31. The molecule has 0 spiro atoms. The van der Waals surface area contributed by atoms with E-state index in [4.69, 9.17) is 11.6 Å². The molecule has 0 aromatic rings. The number of unbranched alkanes of at least 4 members (excludes halogenated alkanes) is 2. The summed E-state index contributed by atoms with van der Waals surface area (Å²) in [7, 11) is 0. The largest absolute Gasteiger partial charge is 0.118 e. The lowest BCUT2D eigenvalue weighted by atomic mass is 10.2. The van der Waals surface area contributed by atoms with E-state index in [9.17, 15) is 0 Å². The minimum absolute atomic E-state index is 0.261. The first kappa shape index (κ1) is 11.0. The standard InChI is InChI=1S/C10H19Cl/c1-3-5-6-7-9-10(11)8-4-2/h7,9-10H,3-6,8H2,1-2H3/b9-7+/t10-/m0/s1. The van der Waals surface area contributed by atoms with Crippen LogP contribution in [0.25, 0.3) is 0 Å². The summed E-state index contributed by atoms with van der Waals surface area (Å²) >= 11 is 5.97. The molecule has 0 N–H and O–H groups in total. The number of hydrogen-bond donors (Lipinski definition) is 0. The molecule has 0 aromatic carbocycles. The molecule has 0 saturated carbocycles. The van der Waals surface area contributed by atoms with Crippen LogP contribution in [-0.2, 0) is 0 Å². The van der Waals surface area contributed by atoms with Gasteiger partial charge >= 0.3 is 0 Å². The molecule has 0 saturated heterocycles. The zero-order chi connectivity index (χ0) is 8.53. The molecule has 0 aliphatic carbocycles. The predicted octanol–water partition coefficient (Wildman–Crippen LogP) is 4.14. The molecule has 0 aliphatic heterocycles. The van der Waals surface area contributed by atoms with Crippen LogP contribution in [-0.4, -0.2) is 5.38 Å². The van der Waals surface area contributed by atoms with E-state index in [1.807, 2.05) is 0 Å². The van der Waals surface area contributed by atoms with Gasteiger partial charge in [-0.05, 0) is 12.8 Å². The molecule has 0 unspecified atom stereocenters. The number of hydrogen-bond acceptors (Lipinski definition) is 0. The van der Waals surface area contributed by atoms with Crippen LogP contribution in [0.3, 0.4) is 0 Å².